The molecule has 0 atom stereocenters. The zero-order valence-corrected chi connectivity index (χ0v) is 14.7. The molecule has 8 heteroatoms. The van der Waals surface area contributed by atoms with E-state index in [0.717, 1.165) is 21.5 Å². The summed E-state index contributed by atoms with van der Waals surface area (Å²) in [5.41, 5.74) is 3.44. The van der Waals surface area contributed by atoms with E-state index in [2.05, 4.69) is 25.3 Å². The van der Waals surface area contributed by atoms with Gasteiger partial charge in [-0.05, 0) is 44.5 Å². The average Bonchev–Trinajstić information content (AvgIpc) is 3.06. The number of benzene rings is 1. The summed E-state index contributed by atoms with van der Waals surface area (Å²) in [6.07, 6.45) is 0. The van der Waals surface area contributed by atoms with Crippen LogP contribution < -0.4 is 11.0 Å². The van der Waals surface area contributed by atoms with Gasteiger partial charge in [-0.1, -0.05) is 0 Å². The number of nitrogens with one attached hydrogen (secondary N) is 3. The van der Waals surface area contributed by atoms with Gasteiger partial charge in [0.2, 0.25) is 0 Å². The molecule has 0 spiro atoms. The number of aryl methyl sites for hydroxylation is 3. The highest BCUT2D eigenvalue weighted by molar-refractivity contribution is 7.20. The van der Waals surface area contributed by atoms with E-state index in [1.165, 1.54) is 11.3 Å². The van der Waals surface area contributed by atoms with Crippen LogP contribution in [0.25, 0.3) is 21.3 Å². The Morgan fingerprint density at radius 3 is 2.68 bits per heavy atom. The van der Waals surface area contributed by atoms with Crippen LogP contribution >= 0.6 is 11.3 Å². The molecule has 0 saturated heterocycles. The van der Waals surface area contributed by atoms with Crippen LogP contribution in [-0.4, -0.2) is 25.8 Å². The second-order valence-corrected chi connectivity index (χ2v) is 6.89. The molecule has 1 aromatic carbocycles. The van der Waals surface area contributed by atoms with Gasteiger partial charge in [-0.15, -0.1) is 11.3 Å². The Morgan fingerprint density at radius 2 is 1.88 bits per heavy atom. The molecule has 7 nitrogen and oxygen atoms in total. The van der Waals surface area contributed by atoms with Gasteiger partial charge < -0.3 is 15.3 Å². The van der Waals surface area contributed by atoms with Gasteiger partial charge in [0.25, 0.3) is 5.91 Å². The molecule has 3 N–H and O–H groups in total. The van der Waals surface area contributed by atoms with Crippen LogP contribution in [0, 0.1) is 20.8 Å². The first-order valence-electron chi connectivity index (χ1n) is 7.70. The Morgan fingerprint density at radius 1 is 1.12 bits per heavy atom. The molecule has 0 aliphatic rings. The van der Waals surface area contributed by atoms with Crippen LogP contribution in [0.5, 0.6) is 0 Å². The van der Waals surface area contributed by atoms with E-state index in [1.807, 2.05) is 20.8 Å². The number of aromatic amines is 2. The highest BCUT2D eigenvalue weighted by Gasteiger charge is 2.19. The summed E-state index contributed by atoms with van der Waals surface area (Å²) in [7, 11) is 0. The molecule has 25 heavy (non-hydrogen) atoms. The van der Waals surface area contributed by atoms with Gasteiger partial charge in [-0.2, -0.15) is 0 Å². The van der Waals surface area contributed by atoms with Crippen molar-refractivity contribution in [3.8, 4) is 0 Å². The molecule has 126 valence electrons. The topological polar surface area (TPSA) is 104 Å². The molecule has 0 fully saturated rings. The van der Waals surface area contributed by atoms with E-state index < -0.39 is 0 Å². The maximum atomic E-state index is 12.7. The number of amides is 1. The summed E-state index contributed by atoms with van der Waals surface area (Å²) in [6, 6.07) is 5.23. The number of carbonyl (C=O) groups excluding carboxylic acids is 1. The van der Waals surface area contributed by atoms with E-state index in [1.54, 1.807) is 18.2 Å². The van der Waals surface area contributed by atoms with Crippen molar-refractivity contribution in [2.45, 2.75) is 20.8 Å². The Kier molecular flexibility index (Phi) is 3.43. The number of nitrogens with zero attached hydrogens (tertiary/aromatic N) is 2. The maximum absolute atomic E-state index is 12.7. The highest BCUT2D eigenvalue weighted by Crippen LogP contribution is 2.31. The van der Waals surface area contributed by atoms with Gasteiger partial charge in [-0.3, -0.25) is 4.79 Å². The lowest BCUT2D eigenvalue weighted by atomic mass is 10.1. The minimum Gasteiger partial charge on any atom is -0.321 e. The van der Waals surface area contributed by atoms with Crippen molar-refractivity contribution in [1.29, 1.82) is 0 Å². The second-order valence-electron chi connectivity index (χ2n) is 5.89. The summed E-state index contributed by atoms with van der Waals surface area (Å²) < 4.78 is 0. The zero-order valence-electron chi connectivity index (χ0n) is 13.9. The lowest BCUT2D eigenvalue weighted by Crippen LogP contribution is -2.11. The summed E-state index contributed by atoms with van der Waals surface area (Å²) in [5, 5.41) is 3.82. The van der Waals surface area contributed by atoms with E-state index in [4.69, 9.17) is 0 Å². The fraction of sp³-hybridized carbons (Fsp3) is 0.176. The minimum absolute atomic E-state index is 0.199. The number of fused-ring (bicyclic) bond motifs is 2. The predicted molar refractivity (Wildman–Crippen MR) is 98.5 cm³/mol. The Balaban J connectivity index is 1.72. The normalized spacial score (nSPS) is 11.3. The number of anilines is 1. The van der Waals surface area contributed by atoms with E-state index in [9.17, 15) is 9.59 Å². The predicted octanol–water partition coefficient (Wildman–Crippen LogP) is 3.04. The highest BCUT2D eigenvalue weighted by atomic mass is 32.1. The van der Waals surface area contributed by atoms with Gasteiger partial charge in [0.05, 0.1) is 15.9 Å². The van der Waals surface area contributed by atoms with Crippen LogP contribution in [0.3, 0.4) is 0 Å². The Bertz CT molecular complexity index is 1200. The summed E-state index contributed by atoms with van der Waals surface area (Å²) in [4.78, 5) is 39.6. The molecule has 0 unspecified atom stereocenters. The first kappa shape index (κ1) is 15.5. The van der Waals surface area contributed by atoms with Crippen LogP contribution in [0.1, 0.15) is 26.8 Å². The molecule has 4 rings (SSSR count). The molecular formula is C17H15N5O2S. The number of hydrogen-bond acceptors (Lipinski definition) is 5. The van der Waals surface area contributed by atoms with Crippen LogP contribution in [0.4, 0.5) is 5.69 Å². The lowest BCUT2D eigenvalue weighted by molar-refractivity contribution is 0.103. The zero-order chi connectivity index (χ0) is 17.7. The minimum atomic E-state index is -0.275. The van der Waals surface area contributed by atoms with E-state index in [-0.39, 0.29) is 11.6 Å². The van der Waals surface area contributed by atoms with Gasteiger partial charge in [-0.25, -0.2) is 14.8 Å². The molecular weight excluding hydrogens is 338 g/mol. The third-order valence-corrected chi connectivity index (χ3v) is 5.25. The largest absolute Gasteiger partial charge is 0.323 e. The van der Waals surface area contributed by atoms with Crippen molar-refractivity contribution in [2.24, 2.45) is 0 Å². The molecule has 0 bridgehead atoms. The van der Waals surface area contributed by atoms with Crippen molar-refractivity contribution < 1.29 is 4.79 Å². The molecule has 3 aromatic heterocycles. The fourth-order valence-corrected chi connectivity index (χ4v) is 4.16. The van der Waals surface area contributed by atoms with Crippen LogP contribution in [-0.2, 0) is 0 Å². The number of thiophene rings is 1. The smallest absolute Gasteiger partial charge is 0.321 e. The van der Waals surface area contributed by atoms with Crippen molar-refractivity contribution >= 4 is 44.2 Å². The number of aromatic nitrogens is 4. The molecule has 4 aromatic rings. The van der Waals surface area contributed by atoms with Crippen LogP contribution in [0.2, 0.25) is 0 Å². The van der Waals surface area contributed by atoms with Crippen molar-refractivity contribution in [3.05, 3.63) is 50.6 Å². The molecule has 0 aliphatic heterocycles. The van der Waals surface area contributed by atoms with E-state index >= 15 is 0 Å². The lowest BCUT2D eigenvalue weighted by Gasteiger charge is -2.04. The standard InChI is InChI=1S/C17H15N5O2S/c1-7-13-8(2)18-9(3)19-16(13)25-14(7)15(23)20-10-4-5-11-12(6-10)22-17(24)21-11/h4-6H,1-3H3,(H,20,23)(H2,21,22,24). The van der Waals surface area contributed by atoms with Crippen LogP contribution in [0.15, 0.2) is 23.0 Å². The summed E-state index contributed by atoms with van der Waals surface area (Å²) in [6.45, 7) is 5.68. The number of imidazole rings is 1. The second kappa shape index (κ2) is 5.52. The number of rotatable bonds is 2. The molecule has 0 saturated carbocycles. The Labute approximate surface area is 146 Å². The van der Waals surface area contributed by atoms with Crippen molar-refractivity contribution in [2.75, 3.05) is 5.32 Å². The Hall–Kier alpha value is -3.00. The van der Waals surface area contributed by atoms with Gasteiger partial charge in [0, 0.05) is 16.8 Å². The van der Waals surface area contributed by atoms with Gasteiger partial charge >= 0.3 is 5.69 Å². The van der Waals surface area contributed by atoms with E-state index in [0.29, 0.717) is 27.4 Å². The SMILES string of the molecule is Cc1nc(C)c2c(C)c(C(=O)Nc3ccc4[nH]c(=O)[nH]c4c3)sc2n1. The van der Waals surface area contributed by atoms with Gasteiger partial charge in [0.15, 0.2) is 0 Å². The molecule has 0 radical (unpaired) electrons. The van der Waals surface area contributed by atoms with Crippen molar-refractivity contribution in [3.63, 3.8) is 0 Å². The number of hydrogen-bond donors (Lipinski definition) is 3. The molecule has 0 aliphatic carbocycles. The summed E-state index contributed by atoms with van der Waals surface area (Å²) in [5.74, 6) is 0.495. The first-order valence-corrected chi connectivity index (χ1v) is 8.52. The quantitative estimate of drug-likeness (QED) is 0.515. The average molecular weight is 353 g/mol. The third kappa shape index (κ3) is 2.60. The number of carbonyl (C=O) groups is 1. The fourth-order valence-electron chi connectivity index (χ4n) is 2.99. The number of H-pyrrole nitrogens is 2. The van der Waals surface area contributed by atoms with Gasteiger partial charge in [0.1, 0.15) is 10.7 Å². The third-order valence-electron chi connectivity index (χ3n) is 4.06. The maximum Gasteiger partial charge on any atom is 0.323 e. The molecule has 1 amide bonds. The molecule has 3 heterocycles. The first-order chi connectivity index (χ1) is 11.9. The monoisotopic (exact) mass is 353 g/mol. The van der Waals surface area contributed by atoms with Crippen molar-refractivity contribution in [1.82, 2.24) is 19.9 Å². The summed E-state index contributed by atoms with van der Waals surface area (Å²) >= 11 is 1.36.